The third-order valence-electron chi connectivity index (χ3n) is 3.84. The summed E-state index contributed by atoms with van der Waals surface area (Å²) in [4.78, 5) is 12.1. The Kier molecular flexibility index (Phi) is 5.38. The normalized spacial score (nSPS) is 16.9. The highest BCUT2D eigenvalue weighted by molar-refractivity contribution is 5.94. The smallest absolute Gasteiger partial charge is 0.251 e. The van der Waals surface area contributed by atoms with Crippen molar-refractivity contribution in [2.45, 2.75) is 26.3 Å². The third-order valence-corrected chi connectivity index (χ3v) is 3.84. The van der Waals surface area contributed by atoms with Gasteiger partial charge in [-0.3, -0.25) is 4.79 Å². The van der Waals surface area contributed by atoms with Gasteiger partial charge in [0.15, 0.2) is 0 Å². The van der Waals surface area contributed by atoms with Crippen molar-refractivity contribution < 1.29 is 9.18 Å². The van der Waals surface area contributed by atoms with Crippen LogP contribution in [0.2, 0.25) is 0 Å². The molecular formula is C16H20ClFN4O. The van der Waals surface area contributed by atoms with Gasteiger partial charge in [-0.15, -0.1) is 12.4 Å². The topological polar surface area (TPSA) is 59.0 Å². The molecule has 1 aromatic heterocycles. The van der Waals surface area contributed by atoms with E-state index in [1.165, 1.54) is 6.07 Å². The molecule has 1 unspecified atom stereocenters. The summed E-state index contributed by atoms with van der Waals surface area (Å²) in [6, 6.07) is 6.49. The van der Waals surface area contributed by atoms with E-state index in [4.69, 9.17) is 0 Å². The molecule has 7 heteroatoms. The molecule has 1 amide bonds. The highest BCUT2D eigenvalue weighted by Gasteiger charge is 2.19. The number of benzene rings is 1. The molecule has 0 aliphatic carbocycles. The lowest BCUT2D eigenvalue weighted by atomic mass is 10.1. The number of hydrogen-bond donors (Lipinski definition) is 2. The molecule has 5 nitrogen and oxygen atoms in total. The average Bonchev–Trinajstić information content (AvgIpc) is 3.08. The molecule has 0 saturated carbocycles. The van der Waals surface area contributed by atoms with Crippen LogP contribution in [0.3, 0.4) is 0 Å². The molecule has 1 aliphatic rings. The van der Waals surface area contributed by atoms with Crippen LogP contribution in [0.4, 0.5) is 4.39 Å². The Morgan fingerprint density at radius 2 is 2.17 bits per heavy atom. The van der Waals surface area contributed by atoms with Gasteiger partial charge in [0.25, 0.3) is 5.91 Å². The lowest BCUT2D eigenvalue weighted by molar-refractivity contribution is 0.0939. The van der Waals surface area contributed by atoms with Gasteiger partial charge >= 0.3 is 0 Å². The van der Waals surface area contributed by atoms with Crippen molar-refractivity contribution in [1.82, 2.24) is 20.4 Å². The summed E-state index contributed by atoms with van der Waals surface area (Å²) >= 11 is 0. The van der Waals surface area contributed by atoms with Crippen LogP contribution in [0, 0.1) is 19.7 Å². The number of carbonyl (C=O) groups is 1. The number of aryl methyl sites for hydroxylation is 2. The van der Waals surface area contributed by atoms with Gasteiger partial charge in [0.2, 0.25) is 0 Å². The minimum Gasteiger partial charge on any atom is -0.348 e. The Hall–Kier alpha value is -1.92. The van der Waals surface area contributed by atoms with Crippen LogP contribution in [0.1, 0.15) is 28.2 Å². The van der Waals surface area contributed by atoms with Gasteiger partial charge in [-0.1, -0.05) is 0 Å². The van der Waals surface area contributed by atoms with E-state index in [2.05, 4.69) is 15.7 Å². The first kappa shape index (κ1) is 17.4. The van der Waals surface area contributed by atoms with Crippen LogP contribution in [-0.2, 0) is 0 Å². The van der Waals surface area contributed by atoms with Gasteiger partial charge in [-0.05, 0) is 51.1 Å². The van der Waals surface area contributed by atoms with E-state index in [9.17, 15) is 9.18 Å². The molecular weight excluding hydrogens is 319 g/mol. The summed E-state index contributed by atoms with van der Waals surface area (Å²) < 4.78 is 15.9. The zero-order chi connectivity index (χ0) is 15.7. The van der Waals surface area contributed by atoms with Crippen molar-refractivity contribution in [2.75, 3.05) is 13.1 Å². The predicted molar refractivity (Wildman–Crippen MR) is 89.0 cm³/mol. The average molecular weight is 339 g/mol. The molecule has 0 spiro atoms. The second-order valence-corrected chi connectivity index (χ2v) is 5.67. The molecule has 1 fully saturated rings. The Balaban J connectivity index is 0.00000192. The largest absolute Gasteiger partial charge is 0.348 e. The van der Waals surface area contributed by atoms with Crippen molar-refractivity contribution in [2.24, 2.45) is 0 Å². The number of amides is 1. The number of carbonyl (C=O) groups excluding carboxylic acids is 1. The fourth-order valence-electron chi connectivity index (χ4n) is 2.74. The second-order valence-electron chi connectivity index (χ2n) is 5.67. The molecule has 1 saturated heterocycles. The van der Waals surface area contributed by atoms with Gasteiger partial charge in [0.05, 0.1) is 5.69 Å². The van der Waals surface area contributed by atoms with Crippen LogP contribution in [0.25, 0.3) is 5.69 Å². The number of nitrogens with zero attached hydrogens (tertiary/aromatic N) is 2. The molecule has 1 atom stereocenters. The van der Waals surface area contributed by atoms with Crippen molar-refractivity contribution >= 4 is 18.3 Å². The molecule has 2 N–H and O–H groups in total. The van der Waals surface area contributed by atoms with E-state index in [1.807, 2.05) is 19.9 Å². The highest BCUT2D eigenvalue weighted by Crippen LogP contribution is 2.17. The Labute approximate surface area is 140 Å². The Morgan fingerprint density at radius 3 is 2.74 bits per heavy atom. The number of aromatic nitrogens is 2. The van der Waals surface area contributed by atoms with Crippen molar-refractivity contribution in [3.05, 3.63) is 47.0 Å². The molecule has 0 bridgehead atoms. The quantitative estimate of drug-likeness (QED) is 0.901. The van der Waals surface area contributed by atoms with E-state index < -0.39 is 5.82 Å². The minimum atomic E-state index is -0.455. The first-order chi connectivity index (χ1) is 10.5. The predicted octanol–water partition coefficient (Wildman–Crippen LogP) is 2.14. The van der Waals surface area contributed by atoms with Crippen molar-refractivity contribution in [3.63, 3.8) is 0 Å². The lowest BCUT2D eigenvalue weighted by Crippen LogP contribution is -2.36. The van der Waals surface area contributed by atoms with E-state index >= 15 is 0 Å². The monoisotopic (exact) mass is 338 g/mol. The molecule has 1 aromatic carbocycles. The standard InChI is InChI=1S/C16H19FN4O.ClH/c1-10-7-11(2)21(20-10)15-4-3-12(8-14(15)17)16(22)19-13-5-6-18-9-13;/h3-4,7-8,13,18H,5-6,9H2,1-2H3,(H,19,22);1H. The number of halogens is 2. The SMILES string of the molecule is Cc1cc(C)n(-c2ccc(C(=O)NC3CCNC3)cc2F)n1.Cl. The van der Waals surface area contributed by atoms with Gasteiger partial charge in [-0.2, -0.15) is 5.10 Å². The zero-order valence-corrected chi connectivity index (χ0v) is 13.9. The van der Waals surface area contributed by atoms with E-state index in [0.717, 1.165) is 30.9 Å². The van der Waals surface area contributed by atoms with Crippen molar-refractivity contribution in [1.29, 1.82) is 0 Å². The Bertz CT molecular complexity index is 710. The van der Waals surface area contributed by atoms with Crippen LogP contribution in [0.5, 0.6) is 0 Å². The lowest BCUT2D eigenvalue weighted by Gasteiger charge is -2.12. The number of nitrogens with one attached hydrogen (secondary N) is 2. The Morgan fingerprint density at radius 1 is 1.39 bits per heavy atom. The maximum atomic E-state index is 14.3. The summed E-state index contributed by atoms with van der Waals surface area (Å²) in [5.74, 6) is -0.698. The van der Waals surface area contributed by atoms with Crippen LogP contribution < -0.4 is 10.6 Å². The fraction of sp³-hybridized carbons (Fsp3) is 0.375. The van der Waals surface area contributed by atoms with E-state index in [0.29, 0.717) is 11.3 Å². The van der Waals surface area contributed by atoms with Crippen LogP contribution >= 0.6 is 12.4 Å². The highest BCUT2D eigenvalue weighted by atomic mass is 35.5. The molecule has 2 aromatic rings. The van der Waals surface area contributed by atoms with Gasteiger partial charge < -0.3 is 10.6 Å². The number of rotatable bonds is 3. The summed E-state index contributed by atoms with van der Waals surface area (Å²) in [6.07, 6.45) is 0.901. The molecule has 2 heterocycles. The summed E-state index contributed by atoms with van der Waals surface area (Å²) in [6.45, 7) is 5.39. The van der Waals surface area contributed by atoms with Gasteiger partial charge in [0.1, 0.15) is 11.5 Å². The van der Waals surface area contributed by atoms with E-state index in [1.54, 1.807) is 16.8 Å². The molecule has 0 radical (unpaired) electrons. The molecule has 23 heavy (non-hydrogen) atoms. The molecule has 1 aliphatic heterocycles. The minimum absolute atomic E-state index is 0. The maximum Gasteiger partial charge on any atom is 0.251 e. The van der Waals surface area contributed by atoms with Gasteiger partial charge in [0, 0.05) is 23.8 Å². The summed E-state index contributed by atoms with van der Waals surface area (Å²) in [7, 11) is 0. The van der Waals surface area contributed by atoms with Gasteiger partial charge in [-0.25, -0.2) is 9.07 Å². The first-order valence-electron chi connectivity index (χ1n) is 7.39. The maximum absolute atomic E-state index is 14.3. The second kappa shape index (κ2) is 7.10. The third kappa shape index (κ3) is 3.71. The summed E-state index contributed by atoms with van der Waals surface area (Å²) in [5, 5.41) is 10.4. The van der Waals surface area contributed by atoms with Crippen LogP contribution in [0.15, 0.2) is 24.3 Å². The van der Waals surface area contributed by atoms with Crippen molar-refractivity contribution in [3.8, 4) is 5.69 Å². The fourth-order valence-corrected chi connectivity index (χ4v) is 2.74. The van der Waals surface area contributed by atoms with Crippen LogP contribution in [-0.4, -0.2) is 34.8 Å². The molecule has 3 rings (SSSR count). The van der Waals surface area contributed by atoms with E-state index in [-0.39, 0.29) is 24.4 Å². The zero-order valence-electron chi connectivity index (χ0n) is 13.1. The summed E-state index contributed by atoms with van der Waals surface area (Å²) in [5.41, 5.74) is 2.36. The molecule has 124 valence electrons. The number of hydrogen-bond acceptors (Lipinski definition) is 3. The first-order valence-corrected chi connectivity index (χ1v) is 7.39.